The molecule has 1 fully saturated rings. The molecule has 1 atom stereocenters. The van der Waals surface area contributed by atoms with Crippen molar-refractivity contribution < 1.29 is 14.2 Å². The summed E-state index contributed by atoms with van der Waals surface area (Å²) in [6.45, 7) is 2.94. The van der Waals surface area contributed by atoms with E-state index < -0.39 is 4.92 Å². The summed E-state index contributed by atoms with van der Waals surface area (Å²) in [5.41, 5.74) is -0.0528. The van der Waals surface area contributed by atoms with Crippen LogP contribution >= 0.6 is 0 Å². The molecule has 0 bridgehead atoms. The summed E-state index contributed by atoms with van der Waals surface area (Å²) < 4.78 is 5.14. The minimum Gasteiger partial charge on any atom is -0.339 e. The fraction of sp³-hybridized carbons (Fsp3) is 0.438. The molecule has 1 aliphatic rings. The molecule has 0 saturated carbocycles. The lowest BCUT2D eigenvalue weighted by molar-refractivity contribution is -0.385. The Morgan fingerprint density at radius 1 is 1.46 bits per heavy atom. The average Bonchev–Trinajstić information content (AvgIpc) is 3.10. The van der Waals surface area contributed by atoms with Crippen molar-refractivity contribution in [1.29, 1.82) is 0 Å². The van der Waals surface area contributed by atoms with Crippen molar-refractivity contribution in [3.63, 3.8) is 0 Å². The Bertz CT molecular complexity index is 758. The predicted molar refractivity (Wildman–Crippen MR) is 84.7 cm³/mol. The van der Waals surface area contributed by atoms with Crippen LogP contribution in [0.1, 0.15) is 47.8 Å². The molecule has 0 N–H and O–H groups in total. The van der Waals surface area contributed by atoms with Crippen LogP contribution in [0.25, 0.3) is 0 Å². The fourth-order valence-electron chi connectivity index (χ4n) is 2.93. The van der Waals surface area contributed by atoms with Crippen LogP contribution in [0.4, 0.5) is 5.69 Å². The third kappa shape index (κ3) is 3.12. The first-order valence-electron chi connectivity index (χ1n) is 7.95. The number of carbonyl (C=O) groups excluding carboxylic acids is 1. The third-order valence-electron chi connectivity index (χ3n) is 4.19. The standard InChI is InChI=1S/C16H18N4O4/c1-2-14-17-15(18-24-14)11-6-5-9-19(10-11)16(21)12-7-3-4-8-13(12)20(22)23/h3-4,7-8,11H,2,5-6,9-10H2,1H3/t11-/m0/s1. The molecule has 1 aromatic heterocycles. The van der Waals surface area contributed by atoms with Crippen LogP contribution < -0.4 is 0 Å². The molecule has 2 heterocycles. The number of nitrogens with zero attached hydrogens (tertiary/aromatic N) is 4. The van der Waals surface area contributed by atoms with E-state index in [0.29, 0.717) is 31.2 Å². The minimum absolute atomic E-state index is 0.00508. The number of piperidine rings is 1. The molecule has 2 aromatic rings. The van der Waals surface area contributed by atoms with Crippen molar-refractivity contribution in [3.05, 3.63) is 51.7 Å². The van der Waals surface area contributed by atoms with Crippen LogP contribution in [-0.4, -0.2) is 39.0 Å². The normalized spacial score (nSPS) is 17.7. The van der Waals surface area contributed by atoms with E-state index >= 15 is 0 Å². The van der Waals surface area contributed by atoms with Crippen LogP contribution in [0.15, 0.2) is 28.8 Å². The summed E-state index contributed by atoms with van der Waals surface area (Å²) in [4.78, 5) is 29.3. The summed E-state index contributed by atoms with van der Waals surface area (Å²) in [5, 5.41) is 15.1. The van der Waals surface area contributed by atoms with Crippen LogP contribution in [0.5, 0.6) is 0 Å². The Hall–Kier alpha value is -2.77. The molecular formula is C16H18N4O4. The highest BCUT2D eigenvalue weighted by atomic mass is 16.6. The van der Waals surface area contributed by atoms with E-state index in [9.17, 15) is 14.9 Å². The monoisotopic (exact) mass is 330 g/mol. The highest BCUT2D eigenvalue weighted by Crippen LogP contribution is 2.27. The summed E-state index contributed by atoms with van der Waals surface area (Å²) >= 11 is 0. The molecule has 0 unspecified atom stereocenters. The molecule has 1 amide bonds. The molecule has 126 valence electrons. The Morgan fingerprint density at radius 3 is 2.96 bits per heavy atom. The van der Waals surface area contributed by atoms with E-state index in [1.54, 1.807) is 17.0 Å². The average molecular weight is 330 g/mol. The third-order valence-corrected chi connectivity index (χ3v) is 4.19. The number of hydrogen-bond acceptors (Lipinski definition) is 6. The number of para-hydroxylation sites is 1. The van der Waals surface area contributed by atoms with Crippen LogP contribution in [0, 0.1) is 10.1 Å². The Kier molecular flexibility index (Phi) is 4.54. The van der Waals surface area contributed by atoms with E-state index in [-0.39, 0.29) is 23.1 Å². The van der Waals surface area contributed by atoms with Crippen molar-refractivity contribution in [2.75, 3.05) is 13.1 Å². The molecule has 0 aliphatic carbocycles. The van der Waals surface area contributed by atoms with Crippen molar-refractivity contribution in [2.24, 2.45) is 0 Å². The fourth-order valence-corrected chi connectivity index (χ4v) is 2.93. The summed E-state index contributed by atoms with van der Waals surface area (Å²) in [6.07, 6.45) is 2.33. The SMILES string of the molecule is CCc1nc([C@H]2CCCN(C(=O)c3ccccc3[N+](=O)[O-])C2)no1. The summed E-state index contributed by atoms with van der Waals surface area (Å²) in [7, 11) is 0. The second-order valence-corrected chi connectivity index (χ2v) is 5.76. The first-order valence-corrected chi connectivity index (χ1v) is 7.95. The number of nitro benzene ring substituents is 1. The van der Waals surface area contributed by atoms with E-state index in [1.165, 1.54) is 12.1 Å². The largest absolute Gasteiger partial charge is 0.339 e. The van der Waals surface area contributed by atoms with Crippen molar-refractivity contribution in [3.8, 4) is 0 Å². The maximum atomic E-state index is 12.7. The summed E-state index contributed by atoms with van der Waals surface area (Å²) in [6, 6.07) is 6.03. The smallest absolute Gasteiger partial charge is 0.282 e. The molecule has 8 nitrogen and oxygen atoms in total. The quantitative estimate of drug-likeness (QED) is 0.630. The minimum atomic E-state index is -0.526. The van der Waals surface area contributed by atoms with E-state index in [4.69, 9.17) is 4.52 Å². The Labute approximate surface area is 138 Å². The lowest BCUT2D eigenvalue weighted by Crippen LogP contribution is -2.39. The first-order chi connectivity index (χ1) is 11.6. The second-order valence-electron chi connectivity index (χ2n) is 5.76. The van der Waals surface area contributed by atoms with Gasteiger partial charge in [0.25, 0.3) is 11.6 Å². The van der Waals surface area contributed by atoms with Gasteiger partial charge in [0, 0.05) is 31.5 Å². The Morgan fingerprint density at radius 2 is 2.25 bits per heavy atom. The first kappa shape index (κ1) is 16.1. The second kappa shape index (κ2) is 6.77. The predicted octanol–water partition coefficient (Wildman–Crippen LogP) is 2.56. The number of nitro groups is 1. The van der Waals surface area contributed by atoms with Gasteiger partial charge in [0.2, 0.25) is 5.89 Å². The van der Waals surface area contributed by atoms with Gasteiger partial charge in [-0.15, -0.1) is 0 Å². The molecule has 3 rings (SSSR count). The maximum absolute atomic E-state index is 12.7. The highest BCUT2D eigenvalue weighted by Gasteiger charge is 2.31. The van der Waals surface area contributed by atoms with Crippen molar-refractivity contribution >= 4 is 11.6 Å². The van der Waals surface area contributed by atoms with E-state index in [1.807, 2.05) is 6.92 Å². The topological polar surface area (TPSA) is 102 Å². The van der Waals surface area contributed by atoms with Crippen LogP contribution in [-0.2, 0) is 6.42 Å². The number of aryl methyl sites for hydroxylation is 1. The van der Waals surface area contributed by atoms with E-state index in [2.05, 4.69) is 10.1 Å². The molecule has 24 heavy (non-hydrogen) atoms. The van der Waals surface area contributed by atoms with Gasteiger partial charge in [-0.05, 0) is 18.9 Å². The van der Waals surface area contributed by atoms with E-state index in [0.717, 1.165) is 12.8 Å². The van der Waals surface area contributed by atoms with Crippen molar-refractivity contribution in [2.45, 2.75) is 32.1 Å². The van der Waals surface area contributed by atoms with Gasteiger partial charge in [0.05, 0.1) is 4.92 Å². The lowest BCUT2D eigenvalue weighted by Gasteiger charge is -2.31. The van der Waals surface area contributed by atoms with Gasteiger partial charge in [-0.2, -0.15) is 4.98 Å². The summed E-state index contributed by atoms with van der Waals surface area (Å²) in [5.74, 6) is 0.847. The van der Waals surface area contributed by atoms with Crippen molar-refractivity contribution in [1.82, 2.24) is 15.0 Å². The molecule has 1 saturated heterocycles. The van der Waals surface area contributed by atoms with Gasteiger partial charge in [-0.1, -0.05) is 24.2 Å². The van der Waals surface area contributed by atoms with Gasteiger partial charge in [0.1, 0.15) is 5.56 Å². The lowest BCUT2D eigenvalue weighted by atomic mass is 9.96. The Balaban J connectivity index is 1.79. The number of rotatable bonds is 4. The zero-order chi connectivity index (χ0) is 17.1. The molecule has 1 aliphatic heterocycles. The zero-order valence-corrected chi connectivity index (χ0v) is 13.3. The zero-order valence-electron chi connectivity index (χ0n) is 13.3. The number of carbonyl (C=O) groups is 1. The molecule has 8 heteroatoms. The number of aromatic nitrogens is 2. The van der Waals surface area contributed by atoms with Crippen LogP contribution in [0.3, 0.4) is 0 Å². The number of likely N-dealkylation sites (tertiary alicyclic amines) is 1. The molecule has 1 aromatic carbocycles. The van der Waals surface area contributed by atoms with Gasteiger partial charge in [-0.25, -0.2) is 0 Å². The van der Waals surface area contributed by atoms with Gasteiger partial charge < -0.3 is 9.42 Å². The van der Waals surface area contributed by atoms with Gasteiger partial charge in [-0.3, -0.25) is 14.9 Å². The molecule has 0 spiro atoms. The maximum Gasteiger partial charge on any atom is 0.282 e. The molecular weight excluding hydrogens is 312 g/mol. The highest BCUT2D eigenvalue weighted by molar-refractivity contribution is 5.98. The van der Waals surface area contributed by atoms with Crippen LogP contribution in [0.2, 0.25) is 0 Å². The molecule has 0 radical (unpaired) electrons. The number of hydrogen-bond donors (Lipinski definition) is 0. The number of amides is 1. The van der Waals surface area contributed by atoms with Gasteiger partial charge in [0.15, 0.2) is 5.82 Å². The number of benzene rings is 1. The van der Waals surface area contributed by atoms with Gasteiger partial charge >= 0.3 is 0 Å².